The Morgan fingerprint density at radius 1 is 1.53 bits per heavy atom. The molecule has 7 heteroatoms. The van der Waals surface area contributed by atoms with Crippen LogP contribution < -0.4 is 5.32 Å². The highest BCUT2D eigenvalue weighted by atomic mass is 16.5. The largest absolute Gasteiger partial charge is 0.480 e. The lowest BCUT2D eigenvalue weighted by Gasteiger charge is -2.33. The molecule has 1 aliphatic heterocycles. The van der Waals surface area contributed by atoms with E-state index in [2.05, 4.69) is 5.32 Å². The number of hydrogen-bond donors (Lipinski definition) is 3. The number of carbonyl (C=O) groups excluding carboxylic acids is 1. The second-order valence-electron chi connectivity index (χ2n) is 4.52. The fourth-order valence-electron chi connectivity index (χ4n) is 2.12. The SMILES string of the molecule is CCOC1CCCN(C(=O)N[C@H](CCO)C(=O)O)C1. The molecule has 0 aromatic heterocycles. The van der Waals surface area contributed by atoms with Crippen LogP contribution in [0.2, 0.25) is 0 Å². The molecule has 7 nitrogen and oxygen atoms in total. The maximum Gasteiger partial charge on any atom is 0.326 e. The first-order valence-electron chi connectivity index (χ1n) is 6.59. The van der Waals surface area contributed by atoms with Crippen LogP contribution in [0.25, 0.3) is 0 Å². The molecule has 0 aromatic carbocycles. The highest BCUT2D eigenvalue weighted by molar-refractivity contribution is 5.82. The van der Waals surface area contributed by atoms with Gasteiger partial charge in [0, 0.05) is 32.7 Å². The zero-order valence-electron chi connectivity index (χ0n) is 11.2. The van der Waals surface area contributed by atoms with Crippen molar-refractivity contribution in [3.05, 3.63) is 0 Å². The Labute approximate surface area is 112 Å². The predicted molar refractivity (Wildman–Crippen MR) is 67.9 cm³/mol. The molecule has 0 bridgehead atoms. The molecule has 2 atom stereocenters. The summed E-state index contributed by atoms with van der Waals surface area (Å²) in [6.45, 7) is 3.30. The number of carboxylic acids is 1. The molecule has 0 aromatic rings. The van der Waals surface area contributed by atoms with E-state index in [1.807, 2.05) is 6.92 Å². The number of aliphatic hydroxyl groups excluding tert-OH is 1. The van der Waals surface area contributed by atoms with Crippen molar-refractivity contribution in [2.24, 2.45) is 0 Å². The van der Waals surface area contributed by atoms with Gasteiger partial charge in [0.15, 0.2) is 0 Å². The fraction of sp³-hybridized carbons (Fsp3) is 0.833. The first-order valence-corrected chi connectivity index (χ1v) is 6.59. The molecule has 0 aliphatic carbocycles. The summed E-state index contributed by atoms with van der Waals surface area (Å²) in [4.78, 5) is 24.4. The smallest absolute Gasteiger partial charge is 0.326 e. The summed E-state index contributed by atoms with van der Waals surface area (Å²) >= 11 is 0. The molecule has 19 heavy (non-hydrogen) atoms. The molecule has 110 valence electrons. The van der Waals surface area contributed by atoms with Crippen molar-refractivity contribution >= 4 is 12.0 Å². The van der Waals surface area contributed by atoms with Crippen LogP contribution in [-0.4, -0.2) is 65.6 Å². The minimum absolute atomic E-state index is 0.00377. The lowest BCUT2D eigenvalue weighted by atomic mass is 10.1. The first kappa shape index (κ1) is 15.7. The third-order valence-corrected chi connectivity index (χ3v) is 3.08. The lowest BCUT2D eigenvalue weighted by Crippen LogP contribution is -2.52. The van der Waals surface area contributed by atoms with Crippen molar-refractivity contribution < 1.29 is 24.5 Å². The van der Waals surface area contributed by atoms with E-state index in [0.29, 0.717) is 19.7 Å². The molecule has 0 spiro atoms. The number of amides is 2. The fourth-order valence-corrected chi connectivity index (χ4v) is 2.12. The average molecular weight is 274 g/mol. The third-order valence-electron chi connectivity index (χ3n) is 3.08. The summed E-state index contributed by atoms with van der Waals surface area (Å²) in [5.74, 6) is -1.14. The Bertz CT molecular complexity index is 308. The Kier molecular flexibility index (Phi) is 6.58. The average Bonchev–Trinajstić information content (AvgIpc) is 2.38. The van der Waals surface area contributed by atoms with Gasteiger partial charge in [0.2, 0.25) is 0 Å². The van der Waals surface area contributed by atoms with Gasteiger partial charge in [0.05, 0.1) is 6.10 Å². The predicted octanol–water partition coefficient (Wildman–Crippen LogP) is 0.0325. The van der Waals surface area contributed by atoms with Gasteiger partial charge >= 0.3 is 12.0 Å². The molecule has 1 aliphatic rings. The molecule has 0 radical (unpaired) electrons. The van der Waals surface area contributed by atoms with E-state index in [9.17, 15) is 9.59 Å². The molecular weight excluding hydrogens is 252 g/mol. The quantitative estimate of drug-likeness (QED) is 0.635. The van der Waals surface area contributed by atoms with Gasteiger partial charge in [-0.2, -0.15) is 0 Å². The van der Waals surface area contributed by atoms with Gasteiger partial charge in [-0.25, -0.2) is 9.59 Å². The van der Waals surface area contributed by atoms with Crippen molar-refractivity contribution in [1.29, 1.82) is 0 Å². The number of aliphatic carboxylic acids is 1. The van der Waals surface area contributed by atoms with Crippen molar-refractivity contribution in [2.45, 2.75) is 38.3 Å². The highest BCUT2D eigenvalue weighted by Gasteiger charge is 2.27. The van der Waals surface area contributed by atoms with Crippen molar-refractivity contribution in [3.8, 4) is 0 Å². The van der Waals surface area contributed by atoms with Crippen LogP contribution >= 0.6 is 0 Å². The Balaban J connectivity index is 2.49. The number of piperidine rings is 1. The molecule has 1 saturated heterocycles. The Morgan fingerprint density at radius 3 is 2.84 bits per heavy atom. The van der Waals surface area contributed by atoms with E-state index >= 15 is 0 Å². The third kappa shape index (κ3) is 5.04. The summed E-state index contributed by atoms with van der Waals surface area (Å²) < 4.78 is 5.49. The Hall–Kier alpha value is -1.34. The number of nitrogens with one attached hydrogen (secondary N) is 1. The van der Waals surface area contributed by atoms with E-state index < -0.39 is 18.0 Å². The lowest BCUT2D eigenvalue weighted by molar-refractivity contribution is -0.139. The summed E-state index contributed by atoms with van der Waals surface area (Å²) in [7, 11) is 0. The summed E-state index contributed by atoms with van der Waals surface area (Å²) in [5, 5.41) is 20.1. The monoisotopic (exact) mass is 274 g/mol. The van der Waals surface area contributed by atoms with Gasteiger partial charge in [-0.05, 0) is 19.8 Å². The van der Waals surface area contributed by atoms with E-state index in [-0.39, 0.29) is 19.1 Å². The Morgan fingerprint density at radius 2 is 2.26 bits per heavy atom. The number of rotatable bonds is 6. The van der Waals surface area contributed by atoms with Crippen LogP contribution in [0, 0.1) is 0 Å². The van der Waals surface area contributed by atoms with Crippen LogP contribution in [0.5, 0.6) is 0 Å². The second-order valence-corrected chi connectivity index (χ2v) is 4.52. The van der Waals surface area contributed by atoms with Crippen LogP contribution in [0.15, 0.2) is 0 Å². The maximum absolute atomic E-state index is 12.0. The number of likely N-dealkylation sites (tertiary alicyclic amines) is 1. The molecular formula is C12H22N2O5. The molecule has 3 N–H and O–H groups in total. The molecule has 1 rings (SSSR count). The summed E-state index contributed by atoms with van der Waals surface area (Å²) in [5.41, 5.74) is 0. The standard InChI is InChI=1S/C12H22N2O5/c1-2-19-9-4-3-6-14(8-9)12(18)13-10(5-7-15)11(16)17/h9-10,15H,2-8H2,1H3,(H,13,18)(H,16,17)/t9?,10-/m1/s1. The molecule has 2 amide bonds. The van der Waals surface area contributed by atoms with Gasteiger partial charge in [-0.3, -0.25) is 0 Å². The van der Waals surface area contributed by atoms with Crippen molar-refractivity contribution in [3.63, 3.8) is 0 Å². The van der Waals surface area contributed by atoms with Crippen LogP contribution in [0.4, 0.5) is 4.79 Å². The number of nitrogens with zero attached hydrogens (tertiary/aromatic N) is 1. The second kappa shape index (κ2) is 7.96. The van der Waals surface area contributed by atoms with Gasteiger partial charge in [0.25, 0.3) is 0 Å². The number of carboxylic acid groups (broad SMARTS) is 1. The molecule has 1 fully saturated rings. The topological polar surface area (TPSA) is 99.1 Å². The van der Waals surface area contributed by atoms with E-state index in [1.165, 1.54) is 0 Å². The number of urea groups is 1. The molecule has 1 heterocycles. The van der Waals surface area contributed by atoms with Crippen LogP contribution in [0.3, 0.4) is 0 Å². The molecule has 0 saturated carbocycles. The number of carbonyl (C=O) groups is 2. The van der Waals surface area contributed by atoms with E-state index in [0.717, 1.165) is 12.8 Å². The van der Waals surface area contributed by atoms with Crippen molar-refractivity contribution in [2.75, 3.05) is 26.3 Å². The maximum atomic E-state index is 12.0. The van der Waals surface area contributed by atoms with Gasteiger partial charge in [0.1, 0.15) is 6.04 Å². The van der Waals surface area contributed by atoms with Gasteiger partial charge in [-0.15, -0.1) is 0 Å². The summed E-state index contributed by atoms with van der Waals surface area (Å²) in [6, 6.07) is -1.46. The molecule has 1 unspecified atom stereocenters. The van der Waals surface area contributed by atoms with Gasteiger partial charge in [-0.1, -0.05) is 0 Å². The summed E-state index contributed by atoms with van der Waals surface area (Å²) in [6.07, 6.45) is 1.78. The zero-order valence-corrected chi connectivity index (χ0v) is 11.2. The van der Waals surface area contributed by atoms with E-state index in [4.69, 9.17) is 14.9 Å². The minimum atomic E-state index is -1.14. The highest BCUT2D eigenvalue weighted by Crippen LogP contribution is 2.13. The number of aliphatic hydroxyl groups is 1. The zero-order chi connectivity index (χ0) is 14.3. The number of hydrogen-bond acceptors (Lipinski definition) is 4. The normalized spacial score (nSPS) is 20.9. The van der Waals surface area contributed by atoms with Crippen molar-refractivity contribution in [1.82, 2.24) is 10.2 Å². The van der Waals surface area contributed by atoms with Crippen LogP contribution in [0.1, 0.15) is 26.2 Å². The minimum Gasteiger partial charge on any atom is -0.480 e. The van der Waals surface area contributed by atoms with E-state index in [1.54, 1.807) is 4.90 Å². The first-order chi connectivity index (χ1) is 9.08. The van der Waals surface area contributed by atoms with Crippen LogP contribution in [-0.2, 0) is 9.53 Å². The van der Waals surface area contributed by atoms with Gasteiger partial charge < -0.3 is 25.2 Å². The number of ether oxygens (including phenoxy) is 1.